The normalized spacial score (nSPS) is 11.3. The van der Waals surface area contributed by atoms with Crippen molar-refractivity contribution in [2.45, 2.75) is 78.1 Å². The maximum absolute atomic E-state index is 10.1. The maximum atomic E-state index is 10.1. The molecule has 6 nitrogen and oxygen atoms in total. The van der Waals surface area contributed by atoms with E-state index in [9.17, 15) is 25.9 Å². The Morgan fingerprint density at radius 2 is 0.826 bits per heavy atom. The molecular formula is C14H30BaO6S2. The molecule has 0 amide bonds. The Balaban J connectivity index is -0.000000333. The van der Waals surface area contributed by atoms with Crippen LogP contribution in [0.2, 0.25) is 0 Å². The molecule has 9 heteroatoms. The van der Waals surface area contributed by atoms with Crippen molar-refractivity contribution in [1.82, 2.24) is 0 Å². The fraction of sp³-hybridized carbons (Fsp3) is 1.00. The topological polar surface area (TPSA) is 114 Å². The SMILES string of the molecule is CCCCCCCS(=O)(=O)[O-].CCCCCCCS(=O)(=O)[O-].[Ba+2]. The Hall–Kier alpha value is 1.39. The van der Waals surface area contributed by atoms with Gasteiger partial charge < -0.3 is 9.11 Å². The first kappa shape index (κ1) is 29.2. The van der Waals surface area contributed by atoms with Crippen molar-refractivity contribution in [3.05, 3.63) is 0 Å². The molecular weight excluding hydrogens is 466 g/mol. The van der Waals surface area contributed by atoms with Crippen molar-refractivity contribution in [2.75, 3.05) is 11.5 Å². The van der Waals surface area contributed by atoms with Crippen LogP contribution in [0.25, 0.3) is 0 Å². The number of rotatable bonds is 12. The Labute approximate surface area is 182 Å². The first-order valence-electron chi connectivity index (χ1n) is 7.99. The molecule has 136 valence electrons. The molecule has 0 bridgehead atoms. The van der Waals surface area contributed by atoms with Crippen LogP contribution in [0.3, 0.4) is 0 Å². The van der Waals surface area contributed by atoms with Crippen molar-refractivity contribution < 1.29 is 25.9 Å². The van der Waals surface area contributed by atoms with E-state index in [4.69, 9.17) is 0 Å². The van der Waals surface area contributed by atoms with Crippen LogP contribution in [0.1, 0.15) is 78.1 Å². The van der Waals surface area contributed by atoms with Crippen molar-refractivity contribution in [2.24, 2.45) is 0 Å². The first-order valence-corrected chi connectivity index (χ1v) is 11.1. The van der Waals surface area contributed by atoms with Gasteiger partial charge in [0.1, 0.15) is 0 Å². The van der Waals surface area contributed by atoms with Gasteiger partial charge >= 0.3 is 48.9 Å². The molecule has 0 spiro atoms. The zero-order valence-corrected chi connectivity index (χ0v) is 20.5. The summed E-state index contributed by atoms with van der Waals surface area (Å²) in [6.07, 6.45) is 9.33. The van der Waals surface area contributed by atoms with E-state index in [1.54, 1.807) is 0 Å². The van der Waals surface area contributed by atoms with Gasteiger partial charge in [-0.05, 0) is 12.8 Å². The molecule has 0 atom stereocenters. The standard InChI is InChI=1S/2C7H16O3S.Ba/c2*1-2-3-4-5-6-7-11(8,9)10;/h2*2-7H2,1H3,(H,8,9,10);/q;;+2/p-2. The quantitative estimate of drug-likeness (QED) is 0.233. The molecule has 0 aromatic carbocycles. The van der Waals surface area contributed by atoms with Gasteiger partial charge in [-0.25, -0.2) is 16.8 Å². The average molecular weight is 496 g/mol. The summed E-state index contributed by atoms with van der Waals surface area (Å²) in [5, 5.41) is 0. The molecule has 0 radical (unpaired) electrons. The molecule has 0 saturated carbocycles. The van der Waals surface area contributed by atoms with Gasteiger partial charge in [0.25, 0.3) is 0 Å². The van der Waals surface area contributed by atoms with E-state index in [0.29, 0.717) is 12.8 Å². The molecule has 0 saturated heterocycles. The van der Waals surface area contributed by atoms with Gasteiger partial charge in [0.2, 0.25) is 0 Å². The summed E-state index contributed by atoms with van der Waals surface area (Å²) < 4.78 is 60.7. The van der Waals surface area contributed by atoms with Crippen LogP contribution in [-0.4, -0.2) is 86.3 Å². The third-order valence-electron chi connectivity index (χ3n) is 3.00. The van der Waals surface area contributed by atoms with Crippen molar-refractivity contribution >= 4 is 69.1 Å². The Kier molecular flexibility index (Phi) is 23.1. The monoisotopic (exact) mass is 496 g/mol. The second-order valence-electron chi connectivity index (χ2n) is 5.35. The number of hydrogen-bond donors (Lipinski definition) is 0. The van der Waals surface area contributed by atoms with Gasteiger partial charge in [0.15, 0.2) is 0 Å². The predicted octanol–water partition coefficient (Wildman–Crippen LogP) is 2.62. The minimum Gasteiger partial charge on any atom is -0.748 e. The number of hydrogen-bond acceptors (Lipinski definition) is 6. The third-order valence-corrected chi connectivity index (χ3v) is 4.57. The molecule has 0 fully saturated rings. The van der Waals surface area contributed by atoms with E-state index in [1.807, 2.05) is 0 Å². The molecule has 0 heterocycles. The molecule has 0 unspecified atom stereocenters. The summed E-state index contributed by atoms with van der Waals surface area (Å²) >= 11 is 0. The summed E-state index contributed by atoms with van der Waals surface area (Å²) in [5.74, 6) is -0.395. The van der Waals surface area contributed by atoms with Gasteiger partial charge in [-0.15, -0.1) is 0 Å². The maximum Gasteiger partial charge on any atom is 2.00 e. The summed E-state index contributed by atoms with van der Waals surface area (Å²) in [4.78, 5) is 0. The molecule has 0 aliphatic carbocycles. The predicted molar refractivity (Wildman–Crippen MR) is 92.4 cm³/mol. The molecule has 0 aliphatic heterocycles. The van der Waals surface area contributed by atoms with Crippen LogP contribution < -0.4 is 0 Å². The molecule has 0 aromatic rings. The van der Waals surface area contributed by atoms with E-state index in [1.165, 1.54) is 0 Å². The van der Waals surface area contributed by atoms with Crippen molar-refractivity contribution in [1.29, 1.82) is 0 Å². The van der Waals surface area contributed by atoms with Crippen LogP contribution in [0.5, 0.6) is 0 Å². The van der Waals surface area contributed by atoms with Crippen LogP contribution in [0, 0.1) is 0 Å². The van der Waals surface area contributed by atoms with Gasteiger partial charge in [0.05, 0.1) is 20.2 Å². The first-order chi connectivity index (χ1) is 10.1. The van der Waals surface area contributed by atoms with E-state index in [-0.39, 0.29) is 60.4 Å². The van der Waals surface area contributed by atoms with Crippen LogP contribution in [0.4, 0.5) is 0 Å². The Morgan fingerprint density at radius 1 is 0.565 bits per heavy atom. The summed E-state index contributed by atoms with van der Waals surface area (Å²) in [6, 6.07) is 0. The fourth-order valence-electron chi connectivity index (χ4n) is 1.76. The van der Waals surface area contributed by atoms with Gasteiger partial charge in [-0.3, -0.25) is 0 Å². The fourth-order valence-corrected chi connectivity index (χ4v) is 2.88. The summed E-state index contributed by atoms with van der Waals surface area (Å²) in [6.45, 7) is 4.18. The minimum atomic E-state index is -3.96. The van der Waals surface area contributed by atoms with E-state index >= 15 is 0 Å². The van der Waals surface area contributed by atoms with E-state index in [2.05, 4.69) is 13.8 Å². The Bertz CT molecular complexity index is 392. The largest absolute Gasteiger partial charge is 2.00 e. The minimum absolute atomic E-state index is 0. The van der Waals surface area contributed by atoms with E-state index in [0.717, 1.165) is 51.4 Å². The zero-order valence-electron chi connectivity index (χ0n) is 14.5. The van der Waals surface area contributed by atoms with Crippen LogP contribution >= 0.6 is 0 Å². The summed E-state index contributed by atoms with van der Waals surface area (Å²) in [7, 11) is -7.92. The summed E-state index contributed by atoms with van der Waals surface area (Å²) in [5.41, 5.74) is 0. The zero-order chi connectivity index (χ0) is 17.5. The second kappa shape index (κ2) is 18.2. The molecule has 0 rings (SSSR count). The molecule has 0 N–H and O–H groups in total. The molecule has 0 aromatic heterocycles. The second-order valence-corrected chi connectivity index (χ2v) is 8.40. The van der Waals surface area contributed by atoms with Crippen molar-refractivity contribution in [3.8, 4) is 0 Å². The van der Waals surface area contributed by atoms with Gasteiger partial charge in [0, 0.05) is 11.5 Å². The molecule has 23 heavy (non-hydrogen) atoms. The van der Waals surface area contributed by atoms with Gasteiger partial charge in [-0.2, -0.15) is 0 Å². The van der Waals surface area contributed by atoms with Crippen LogP contribution in [0.15, 0.2) is 0 Å². The van der Waals surface area contributed by atoms with E-state index < -0.39 is 20.2 Å². The molecule has 0 aliphatic rings. The third kappa shape index (κ3) is 35.4. The number of unbranched alkanes of at least 4 members (excludes halogenated alkanes) is 8. The van der Waals surface area contributed by atoms with Crippen LogP contribution in [-0.2, 0) is 20.2 Å². The van der Waals surface area contributed by atoms with Crippen molar-refractivity contribution in [3.63, 3.8) is 0 Å². The average Bonchev–Trinajstić information content (AvgIpc) is 2.36. The Morgan fingerprint density at radius 3 is 1.04 bits per heavy atom. The van der Waals surface area contributed by atoms with Gasteiger partial charge in [-0.1, -0.05) is 65.2 Å². The smallest absolute Gasteiger partial charge is 0.748 e.